The highest BCUT2D eigenvalue weighted by molar-refractivity contribution is 7.99. The summed E-state index contributed by atoms with van der Waals surface area (Å²) in [7, 11) is 0. The summed E-state index contributed by atoms with van der Waals surface area (Å²) in [6.45, 7) is 3.01. The second kappa shape index (κ2) is 11.9. The van der Waals surface area contributed by atoms with Gasteiger partial charge in [-0.1, -0.05) is 6.07 Å². The minimum atomic E-state index is -1.14. The number of nitrogens with zero attached hydrogens (tertiary/aromatic N) is 2. The maximum atomic E-state index is 11.3. The first kappa shape index (κ1) is 20.5. The van der Waals surface area contributed by atoms with Crippen LogP contribution in [0.1, 0.15) is 19.8 Å². The maximum Gasteiger partial charge on any atom is 0.328 e. The van der Waals surface area contributed by atoms with E-state index in [1.54, 1.807) is 11.8 Å². The molecule has 0 radical (unpaired) electrons. The minimum Gasteiger partial charge on any atom is -0.478 e. The summed E-state index contributed by atoms with van der Waals surface area (Å²) >= 11 is 1.61. The standard InChI is InChI=1S/C16H23N5O3S/c1-2-18-16(17)21-12-6-5-7-14(20-12)25-11-4-3-10-19-13(22)8-9-15(23)24/h5-9H,2-4,10-11H2,1H3,(H,19,22)(H,23,24)(H3,17,18,20,21)/b9-8-. The molecule has 25 heavy (non-hydrogen) atoms. The predicted octanol–water partition coefficient (Wildman–Crippen LogP) is 1.46. The highest BCUT2D eigenvalue weighted by atomic mass is 32.2. The average Bonchev–Trinajstić information content (AvgIpc) is 2.56. The van der Waals surface area contributed by atoms with E-state index in [0.717, 1.165) is 35.8 Å². The van der Waals surface area contributed by atoms with Gasteiger partial charge in [0.05, 0.1) is 5.03 Å². The maximum absolute atomic E-state index is 11.3. The van der Waals surface area contributed by atoms with Crippen LogP contribution in [0.15, 0.2) is 40.4 Å². The fourth-order valence-electron chi connectivity index (χ4n) is 1.73. The molecular weight excluding hydrogens is 342 g/mol. The van der Waals surface area contributed by atoms with E-state index in [4.69, 9.17) is 10.8 Å². The van der Waals surface area contributed by atoms with Crippen molar-refractivity contribution < 1.29 is 14.7 Å². The van der Waals surface area contributed by atoms with Gasteiger partial charge in [-0.2, -0.15) is 0 Å². The Balaban J connectivity index is 2.25. The lowest BCUT2D eigenvalue weighted by molar-refractivity contribution is -0.131. The molecule has 8 nitrogen and oxygen atoms in total. The molecule has 0 bridgehead atoms. The zero-order valence-electron chi connectivity index (χ0n) is 14.1. The van der Waals surface area contributed by atoms with E-state index in [9.17, 15) is 9.59 Å². The lowest BCUT2D eigenvalue weighted by Crippen LogP contribution is -2.23. The van der Waals surface area contributed by atoms with Crippen LogP contribution in [0.5, 0.6) is 0 Å². The van der Waals surface area contributed by atoms with Crippen molar-refractivity contribution in [3.05, 3.63) is 30.4 Å². The highest BCUT2D eigenvalue weighted by Gasteiger charge is 2.01. The van der Waals surface area contributed by atoms with Gasteiger partial charge in [0.1, 0.15) is 5.82 Å². The number of unbranched alkanes of at least 4 members (excludes halogenated alkanes) is 1. The van der Waals surface area contributed by atoms with Gasteiger partial charge in [-0.05, 0) is 37.7 Å². The number of anilines is 1. The number of carbonyl (C=O) groups excluding carboxylic acids is 1. The fourth-order valence-corrected chi connectivity index (χ4v) is 2.62. The van der Waals surface area contributed by atoms with Gasteiger partial charge in [0.15, 0.2) is 5.96 Å². The molecule has 1 aromatic rings. The summed E-state index contributed by atoms with van der Waals surface area (Å²) < 4.78 is 0. The molecule has 9 heteroatoms. The molecular formula is C16H23N5O3S. The van der Waals surface area contributed by atoms with Crippen molar-refractivity contribution in [3.8, 4) is 0 Å². The van der Waals surface area contributed by atoms with E-state index in [-0.39, 0.29) is 0 Å². The fraction of sp³-hybridized carbons (Fsp3) is 0.375. The number of rotatable bonds is 10. The number of aliphatic imine (C=N–C) groups is 1. The molecule has 0 aliphatic heterocycles. The molecule has 0 unspecified atom stereocenters. The number of thioether (sulfide) groups is 1. The van der Waals surface area contributed by atoms with Gasteiger partial charge in [0.25, 0.3) is 0 Å². The predicted molar refractivity (Wildman–Crippen MR) is 99.8 cm³/mol. The lowest BCUT2D eigenvalue weighted by Gasteiger charge is -2.06. The first-order chi connectivity index (χ1) is 12.0. The monoisotopic (exact) mass is 365 g/mol. The second-order valence-corrected chi connectivity index (χ2v) is 5.98. The van der Waals surface area contributed by atoms with Crippen LogP contribution >= 0.6 is 11.8 Å². The molecule has 1 aromatic heterocycles. The number of hydrogen-bond acceptors (Lipinski definition) is 5. The van der Waals surface area contributed by atoms with Crippen molar-refractivity contribution in [1.29, 1.82) is 0 Å². The Labute approximate surface area is 151 Å². The molecule has 0 aromatic carbocycles. The number of carbonyl (C=O) groups is 2. The first-order valence-corrected chi connectivity index (χ1v) is 8.85. The summed E-state index contributed by atoms with van der Waals surface area (Å²) in [4.78, 5) is 30.0. The molecule has 0 fully saturated rings. The van der Waals surface area contributed by atoms with Crippen molar-refractivity contribution in [2.24, 2.45) is 10.7 Å². The molecule has 1 heterocycles. The summed E-state index contributed by atoms with van der Waals surface area (Å²) in [6, 6.07) is 5.63. The Morgan fingerprint density at radius 2 is 2.16 bits per heavy atom. The Hall–Kier alpha value is -2.55. The zero-order chi connectivity index (χ0) is 18.5. The SMILES string of the molecule is CCN=C(N)Nc1cccc(SCCCCNC(=O)/C=C\C(=O)O)n1. The molecule has 0 aliphatic carbocycles. The van der Waals surface area contributed by atoms with Crippen molar-refractivity contribution in [2.75, 3.05) is 24.2 Å². The zero-order valence-corrected chi connectivity index (χ0v) is 14.9. The van der Waals surface area contributed by atoms with E-state index in [0.29, 0.717) is 24.9 Å². The van der Waals surface area contributed by atoms with Crippen LogP contribution in [-0.2, 0) is 9.59 Å². The van der Waals surface area contributed by atoms with E-state index >= 15 is 0 Å². The number of aliphatic carboxylic acids is 1. The Bertz CT molecular complexity index is 634. The summed E-state index contributed by atoms with van der Waals surface area (Å²) in [5.41, 5.74) is 5.70. The van der Waals surface area contributed by atoms with E-state index in [1.165, 1.54) is 0 Å². The van der Waals surface area contributed by atoms with Gasteiger partial charge in [-0.15, -0.1) is 11.8 Å². The summed E-state index contributed by atoms with van der Waals surface area (Å²) in [5, 5.41) is 14.9. The van der Waals surface area contributed by atoms with Gasteiger partial charge in [-0.3, -0.25) is 9.79 Å². The van der Waals surface area contributed by atoms with Crippen LogP contribution in [0.4, 0.5) is 5.82 Å². The lowest BCUT2D eigenvalue weighted by atomic mass is 10.3. The van der Waals surface area contributed by atoms with E-state index in [1.807, 2.05) is 25.1 Å². The first-order valence-electron chi connectivity index (χ1n) is 7.87. The molecule has 136 valence electrons. The summed E-state index contributed by atoms with van der Waals surface area (Å²) in [6.07, 6.45) is 3.52. The number of nitrogens with one attached hydrogen (secondary N) is 2. The second-order valence-electron chi connectivity index (χ2n) is 4.86. The number of guanidine groups is 1. The normalized spacial score (nSPS) is 11.5. The molecule has 0 atom stereocenters. The molecule has 5 N–H and O–H groups in total. The van der Waals surface area contributed by atoms with Crippen molar-refractivity contribution in [1.82, 2.24) is 10.3 Å². The molecule has 1 amide bonds. The third-order valence-corrected chi connectivity index (χ3v) is 3.82. The van der Waals surface area contributed by atoms with Gasteiger partial charge < -0.3 is 21.5 Å². The van der Waals surface area contributed by atoms with Crippen LogP contribution in [0.3, 0.4) is 0 Å². The Kier molecular flexibility index (Phi) is 9.76. The number of amides is 1. The highest BCUT2D eigenvalue weighted by Crippen LogP contribution is 2.18. The van der Waals surface area contributed by atoms with Crippen LogP contribution in [0.2, 0.25) is 0 Å². The van der Waals surface area contributed by atoms with E-state index < -0.39 is 11.9 Å². The van der Waals surface area contributed by atoms with Gasteiger partial charge >= 0.3 is 5.97 Å². The molecule has 1 rings (SSSR count). The number of hydrogen-bond donors (Lipinski definition) is 4. The van der Waals surface area contributed by atoms with Gasteiger partial charge in [-0.25, -0.2) is 9.78 Å². The molecule has 0 spiro atoms. The van der Waals surface area contributed by atoms with E-state index in [2.05, 4.69) is 20.6 Å². The molecule has 0 saturated carbocycles. The average molecular weight is 365 g/mol. The largest absolute Gasteiger partial charge is 0.478 e. The molecule has 0 aliphatic rings. The van der Waals surface area contributed by atoms with Crippen molar-refractivity contribution >= 4 is 35.4 Å². The van der Waals surface area contributed by atoms with Gasteiger partial charge in [0, 0.05) is 25.2 Å². The van der Waals surface area contributed by atoms with Crippen LogP contribution in [0.25, 0.3) is 0 Å². The number of carboxylic acid groups (broad SMARTS) is 1. The topological polar surface area (TPSA) is 130 Å². The van der Waals surface area contributed by atoms with Crippen LogP contribution < -0.4 is 16.4 Å². The third kappa shape index (κ3) is 10.0. The Morgan fingerprint density at radius 3 is 2.88 bits per heavy atom. The smallest absolute Gasteiger partial charge is 0.328 e. The van der Waals surface area contributed by atoms with Gasteiger partial charge in [0.2, 0.25) is 5.91 Å². The Morgan fingerprint density at radius 1 is 1.36 bits per heavy atom. The number of aromatic nitrogens is 1. The molecule has 0 saturated heterocycles. The minimum absolute atomic E-state index is 0.338. The van der Waals surface area contributed by atoms with Crippen LogP contribution in [-0.4, -0.2) is 46.8 Å². The quantitative estimate of drug-likeness (QED) is 0.162. The third-order valence-electron chi connectivity index (χ3n) is 2.81. The van der Waals surface area contributed by atoms with Crippen LogP contribution in [0, 0.1) is 0 Å². The van der Waals surface area contributed by atoms with Crippen molar-refractivity contribution in [3.63, 3.8) is 0 Å². The number of carboxylic acids is 1. The van der Waals surface area contributed by atoms with Crippen molar-refractivity contribution in [2.45, 2.75) is 24.8 Å². The number of nitrogens with two attached hydrogens (primary N) is 1. The number of pyridine rings is 1. The summed E-state index contributed by atoms with van der Waals surface area (Å²) in [5.74, 6) is 0.304.